The fourth-order valence-corrected chi connectivity index (χ4v) is 2.60. The number of benzene rings is 2. The number of methoxy groups -OCH3 is 1. The highest BCUT2D eigenvalue weighted by atomic mass is 79.9. The Morgan fingerprint density at radius 3 is 2.61 bits per heavy atom. The summed E-state index contributed by atoms with van der Waals surface area (Å²) in [4.78, 5) is 0. The smallest absolute Gasteiger partial charge is 0.123 e. The second kappa shape index (κ2) is 5.77. The number of aryl methyl sites for hydroxylation is 1. The van der Waals surface area contributed by atoms with Gasteiger partial charge in [0.2, 0.25) is 0 Å². The lowest BCUT2D eigenvalue weighted by molar-refractivity contribution is 0.410. The van der Waals surface area contributed by atoms with Crippen LogP contribution in [0.4, 0.5) is 0 Å². The van der Waals surface area contributed by atoms with Crippen LogP contribution in [0.15, 0.2) is 46.9 Å². The second-order valence-electron chi connectivity index (χ2n) is 4.16. The summed E-state index contributed by atoms with van der Waals surface area (Å²) in [5, 5.41) is -0.211. The van der Waals surface area contributed by atoms with Crippen molar-refractivity contribution in [2.75, 3.05) is 7.11 Å². The molecule has 0 heterocycles. The standard InChI is InChI=1S/C15H14BrClO/c1-10-4-3-5-11(8-10)15(17)13-9-12(16)6-7-14(13)18-2/h3-9,15H,1-2H3. The molecule has 0 spiro atoms. The molecule has 0 aromatic heterocycles. The lowest BCUT2D eigenvalue weighted by Gasteiger charge is -2.15. The molecule has 0 N–H and O–H groups in total. The van der Waals surface area contributed by atoms with E-state index < -0.39 is 0 Å². The van der Waals surface area contributed by atoms with E-state index in [2.05, 4.69) is 35.0 Å². The Hall–Kier alpha value is -0.990. The highest BCUT2D eigenvalue weighted by molar-refractivity contribution is 9.10. The van der Waals surface area contributed by atoms with E-state index in [9.17, 15) is 0 Å². The maximum atomic E-state index is 6.56. The van der Waals surface area contributed by atoms with Crippen LogP contribution < -0.4 is 4.74 Å². The van der Waals surface area contributed by atoms with Crippen LogP contribution in [0.2, 0.25) is 0 Å². The summed E-state index contributed by atoms with van der Waals surface area (Å²) < 4.78 is 6.36. The molecule has 2 aromatic carbocycles. The zero-order valence-electron chi connectivity index (χ0n) is 10.3. The third kappa shape index (κ3) is 2.88. The van der Waals surface area contributed by atoms with Crippen LogP contribution in [0.5, 0.6) is 5.75 Å². The molecule has 3 heteroatoms. The van der Waals surface area contributed by atoms with Gasteiger partial charge in [0.25, 0.3) is 0 Å². The molecule has 0 aliphatic rings. The van der Waals surface area contributed by atoms with Crippen molar-refractivity contribution in [2.45, 2.75) is 12.3 Å². The van der Waals surface area contributed by atoms with Crippen molar-refractivity contribution in [1.82, 2.24) is 0 Å². The number of alkyl halides is 1. The van der Waals surface area contributed by atoms with Crippen molar-refractivity contribution in [1.29, 1.82) is 0 Å². The zero-order valence-corrected chi connectivity index (χ0v) is 12.6. The third-order valence-corrected chi connectivity index (χ3v) is 3.78. The Morgan fingerprint density at radius 2 is 1.94 bits per heavy atom. The first-order chi connectivity index (χ1) is 8.61. The average Bonchev–Trinajstić information content (AvgIpc) is 2.38. The lowest BCUT2D eigenvalue weighted by Crippen LogP contribution is -1.98. The molecule has 0 aliphatic heterocycles. The van der Waals surface area contributed by atoms with Crippen LogP contribution in [-0.4, -0.2) is 7.11 Å². The molecule has 0 aliphatic carbocycles. The third-order valence-electron chi connectivity index (χ3n) is 2.80. The van der Waals surface area contributed by atoms with E-state index in [0.29, 0.717) is 0 Å². The monoisotopic (exact) mass is 324 g/mol. The van der Waals surface area contributed by atoms with E-state index in [-0.39, 0.29) is 5.38 Å². The van der Waals surface area contributed by atoms with Gasteiger partial charge in [-0.15, -0.1) is 11.6 Å². The van der Waals surface area contributed by atoms with Crippen molar-refractivity contribution < 1.29 is 4.74 Å². The van der Waals surface area contributed by atoms with Crippen LogP contribution in [0.3, 0.4) is 0 Å². The molecular weight excluding hydrogens is 312 g/mol. The fraction of sp³-hybridized carbons (Fsp3) is 0.200. The first kappa shape index (κ1) is 13.4. The highest BCUT2D eigenvalue weighted by Crippen LogP contribution is 2.36. The predicted molar refractivity (Wildman–Crippen MR) is 79.6 cm³/mol. The fourth-order valence-electron chi connectivity index (χ4n) is 1.91. The van der Waals surface area contributed by atoms with Crippen molar-refractivity contribution in [3.63, 3.8) is 0 Å². The van der Waals surface area contributed by atoms with E-state index in [1.807, 2.05) is 30.3 Å². The molecule has 0 saturated heterocycles. The molecule has 94 valence electrons. The number of hydrogen-bond donors (Lipinski definition) is 0. The molecule has 0 saturated carbocycles. The van der Waals surface area contributed by atoms with Gasteiger partial charge >= 0.3 is 0 Å². The quantitative estimate of drug-likeness (QED) is 0.714. The maximum Gasteiger partial charge on any atom is 0.123 e. The average molecular weight is 326 g/mol. The number of hydrogen-bond acceptors (Lipinski definition) is 1. The van der Waals surface area contributed by atoms with Crippen LogP contribution in [-0.2, 0) is 0 Å². The number of halogens is 2. The van der Waals surface area contributed by atoms with E-state index in [0.717, 1.165) is 21.3 Å². The second-order valence-corrected chi connectivity index (χ2v) is 5.52. The Balaban J connectivity index is 2.44. The highest BCUT2D eigenvalue weighted by Gasteiger charge is 2.16. The van der Waals surface area contributed by atoms with Gasteiger partial charge in [0.05, 0.1) is 12.5 Å². The SMILES string of the molecule is COc1ccc(Br)cc1C(Cl)c1cccc(C)c1. The first-order valence-corrected chi connectivity index (χ1v) is 6.89. The Morgan fingerprint density at radius 1 is 1.17 bits per heavy atom. The Bertz CT molecular complexity index is 554. The largest absolute Gasteiger partial charge is 0.496 e. The minimum absolute atomic E-state index is 0.211. The van der Waals surface area contributed by atoms with E-state index in [4.69, 9.17) is 16.3 Å². The normalized spacial score (nSPS) is 12.2. The summed E-state index contributed by atoms with van der Waals surface area (Å²) in [6, 6.07) is 14.1. The molecule has 0 radical (unpaired) electrons. The molecule has 18 heavy (non-hydrogen) atoms. The van der Waals surface area contributed by atoms with Crippen LogP contribution in [0.1, 0.15) is 22.1 Å². The molecule has 0 amide bonds. The van der Waals surface area contributed by atoms with Gasteiger partial charge in [0, 0.05) is 10.0 Å². The van der Waals surface area contributed by atoms with Crippen molar-refractivity contribution in [2.24, 2.45) is 0 Å². The molecule has 1 unspecified atom stereocenters. The topological polar surface area (TPSA) is 9.23 Å². The van der Waals surface area contributed by atoms with Crippen LogP contribution in [0, 0.1) is 6.92 Å². The summed E-state index contributed by atoms with van der Waals surface area (Å²) in [5.74, 6) is 0.805. The van der Waals surface area contributed by atoms with Gasteiger partial charge in [-0.2, -0.15) is 0 Å². The summed E-state index contributed by atoms with van der Waals surface area (Å²) in [7, 11) is 1.66. The number of ether oxygens (including phenoxy) is 1. The molecular formula is C15H14BrClO. The predicted octanol–water partition coefficient (Wildman–Crippen LogP) is 5.09. The van der Waals surface area contributed by atoms with Gasteiger partial charge in [-0.25, -0.2) is 0 Å². The summed E-state index contributed by atoms with van der Waals surface area (Å²) in [6.45, 7) is 2.06. The van der Waals surface area contributed by atoms with Gasteiger partial charge in [-0.05, 0) is 30.7 Å². The molecule has 2 aromatic rings. The zero-order chi connectivity index (χ0) is 13.1. The summed E-state index contributed by atoms with van der Waals surface area (Å²) in [6.07, 6.45) is 0. The van der Waals surface area contributed by atoms with Crippen LogP contribution >= 0.6 is 27.5 Å². The first-order valence-electron chi connectivity index (χ1n) is 5.66. The Labute approximate surface area is 121 Å². The maximum absolute atomic E-state index is 6.56. The number of rotatable bonds is 3. The van der Waals surface area contributed by atoms with Crippen molar-refractivity contribution >= 4 is 27.5 Å². The minimum atomic E-state index is -0.211. The van der Waals surface area contributed by atoms with E-state index in [1.165, 1.54) is 5.56 Å². The molecule has 0 bridgehead atoms. The Kier molecular flexibility index (Phi) is 4.31. The molecule has 1 atom stereocenters. The van der Waals surface area contributed by atoms with Gasteiger partial charge in [-0.3, -0.25) is 0 Å². The van der Waals surface area contributed by atoms with Crippen LogP contribution in [0.25, 0.3) is 0 Å². The molecule has 0 fully saturated rings. The minimum Gasteiger partial charge on any atom is -0.496 e. The summed E-state index contributed by atoms with van der Waals surface area (Å²) in [5.41, 5.74) is 3.25. The van der Waals surface area contributed by atoms with Crippen molar-refractivity contribution in [3.05, 3.63) is 63.6 Å². The van der Waals surface area contributed by atoms with Gasteiger partial charge in [-0.1, -0.05) is 45.8 Å². The molecule has 1 nitrogen and oxygen atoms in total. The molecule has 2 rings (SSSR count). The van der Waals surface area contributed by atoms with Gasteiger partial charge in [0.1, 0.15) is 5.75 Å². The van der Waals surface area contributed by atoms with E-state index >= 15 is 0 Å². The van der Waals surface area contributed by atoms with Gasteiger partial charge < -0.3 is 4.74 Å². The van der Waals surface area contributed by atoms with Gasteiger partial charge in [0.15, 0.2) is 0 Å². The van der Waals surface area contributed by atoms with E-state index in [1.54, 1.807) is 7.11 Å². The van der Waals surface area contributed by atoms with Crippen molar-refractivity contribution in [3.8, 4) is 5.75 Å². The lowest BCUT2D eigenvalue weighted by atomic mass is 10.0. The summed E-state index contributed by atoms with van der Waals surface area (Å²) >= 11 is 10.0.